The van der Waals surface area contributed by atoms with Crippen LogP contribution in [0, 0.1) is 29.6 Å². The molecule has 4 aliphatic heterocycles. The average molecular weight is 830 g/mol. The van der Waals surface area contributed by atoms with Crippen LogP contribution >= 0.6 is 0 Å². The minimum absolute atomic E-state index is 0.0237. The minimum Gasteiger partial charge on any atom is -0.456 e. The van der Waals surface area contributed by atoms with Crippen LogP contribution in [-0.4, -0.2) is 126 Å². The number of piperidine rings is 1. The Morgan fingerprint density at radius 2 is 1.63 bits per heavy atom. The van der Waals surface area contributed by atoms with E-state index in [1.165, 1.54) is 12.0 Å². The van der Waals surface area contributed by atoms with Crippen LogP contribution in [-0.2, 0) is 42.9 Å². The lowest BCUT2D eigenvalue weighted by molar-refractivity contribution is -0.302. The van der Waals surface area contributed by atoms with Gasteiger partial charge in [-0.1, -0.05) is 50.6 Å². The Morgan fingerprint density at radius 1 is 0.949 bits per heavy atom. The van der Waals surface area contributed by atoms with Crippen LogP contribution in [0.5, 0.6) is 0 Å². The van der Waals surface area contributed by atoms with Crippen molar-refractivity contribution in [1.82, 2.24) is 4.90 Å². The monoisotopic (exact) mass is 829 g/mol. The highest BCUT2D eigenvalue weighted by Gasteiger charge is 2.56. The van der Waals surface area contributed by atoms with Gasteiger partial charge in [-0.3, -0.25) is 14.4 Å². The van der Waals surface area contributed by atoms with Crippen molar-refractivity contribution in [3.8, 4) is 0 Å². The number of carbonyl (C=O) groups excluding carboxylic acids is 4. The first-order chi connectivity index (χ1) is 28.0. The Labute approximate surface area is 350 Å². The lowest BCUT2D eigenvalue weighted by Gasteiger charge is -2.47. The van der Waals surface area contributed by atoms with E-state index in [1.54, 1.807) is 20.1 Å². The number of nitrogens with zero attached hydrogens (tertiary/aromatic N) is 1. The normalized spacial score (nSPS) is 39.7. The standard InChI is InChI=1S/C46H71NO12/c1-28-21-29(2)23-38(55-6)41-39(56-7)25-32(5)46(54,59-41)42(50)43(51)47-20-9-8-12-36(47)44(52)58-40(31(4)24-33-14-16-35(48)17-15-33)30(3)13-18-37(49)34(22-28)11-10-19-45(53)26-57-27-45/h10,19,22,24,29-30,32-36,38-41,48,53-54H,8-9,11-18,20-21,23,25-27H2,1-7H3/b19-10+,28-22+,31-24+/t29-,30+,32+,33-,34+,35-,36?,38-,39-,40-,41+,46+/m0/s1. The van der Waals surface area contributed by atoms with E-state index in [4.69, 9.17) is 23.7 Å². The van der Waals surface area contributed by atoms with Crippen LogP contribution in [0.4, 0.5) is 0 Å². The number of carbonyl (C=O) groups is 4. The van der Waals surface area contributed by atoms with Crippen molar-refractivity contribution in [3.63, 3.8) is 0 Å². The van der Waals surface area contributed by atoms with Crippen LogP contribution in [0.15, 0.2) is 35.5 Å². The van der Waals surface area contributed by atoms with Gasteiger partial charge in [-0.2, -0.15) is 0 Å². The van der Waals surface area contributed by atoms with Crippen LogP contribution < -0.4 is 0 Å². The molecule has 0 radical (unpaired) electrons. The predicted octanol–water partition coefficient (Wildman–Crippen LogP) is 5.17. The summed E-state index contributed by atoms with van der Waals surface area (Å²) < 4.78 is 29.6. The summed E-state index contributed by atoms with van der Waals surface area (Å²) in [6, 6.07) is -1.05. The molecule has 1 unspecified atom stereocenters. The second kappa shape index (κ2) is 20.9. The molecule has 0 spiro atoms. The fourth-order valence-electron chi connectivity index (χ4n) is 9.81. The number of Topliss-reactive ketones (excluding diaryl/α,β-unsaturated/α-hetero) is 2. The third-order valence-corrected chi connectivity index (χ3v) is 13.5. The Bertz CT molecular complexity index is 1560. The van der Waals surface area contributed by atoms with Crippen molar-refractivity contribution in [2.24, 2.45) is 29.6 Å². The van der Waals surface area contributed by atoms with E-state index < -0.39 is 71.3 Å². The third-order valence-electron chi connectivity index (χ3n) is 13.5. The number of aliphatic hydroxyl groups is 3. The molecule has 1 aliphatic carbocycles. The molecule has 0 aromatic heterocycles. The summed E-state index contributed by atoms with van der Waals surface area (Å²) in [4.78, 5) is 58.2. The third kappa shape index (κ3) is 11.8. The Kier molecular flexibility index (Phi) is 16.7. The summed E-state index contributed by atoms with van der Waals surface area (Å²) in [6.07, 6.45) is 11.5. The second-order valence-electron chi connectivity index (χ2n) is 18.5. The van der Waals surface area contributed by atoms with Gasteiger partial charge in [-0.25, -0.2) is 4.79 Å². The number of rotatable bonds is 7. The fourth-order valence-corrected chi connectivity index (χ4v) is 9.81. The average Bonchev–Trinajstić information content (AvgIpc) is 3.20. The van der Waals surface area contributed by atoms with E-state index in [2.05, 4.69) is 13.0 Å². The molecule has 4 heterocycles. The number of cyclic esters (lactones) is 1. The molecule has 13 nitrogen and oxygen atoms in total. The Hall–Kier alpha value is -2.78. The first-order valence-electron chi connectivity index (χ1n) is 22.0. The summed E-state index contributed by atoms with van der Waals surface area (Å²) in [6.45, 7) is 10.2. The molecule has 1 amide bonds. The topological polar surface area (TPSA) is 178 Å². The van der Waals surface area contributed by atoms with Crippen LogP contribution in [0.2, 0.25) is 0 Å². The van der Waals surface area contributed by atoms with E-state index in [0.29, 0.717) is 51.4 Å². The van der Waals surface area contributed by atoms with Crippen molar-refractivity contribution >= 4 is 23.4 Å². The molecule has 5 aliphatic rings. The Balaban J connectivity index is 1.51. The summed E-state index contributed by atoms with van der Waals surface area (Å²) in [5.41, 5.74) is 0.813. The molecule has 3 saturated heterocycles. The van der Waals surface area contributed by atoms with Gasteiger partial charge < -0.3 is 43.9 Å². The number of ether oxygens (including phenoxy) is 5. The van der Waals surface area contributed by atoms with Crippen molar-refractivity contribution < 1.29 is 58.2 Å². The van der Waals surface area contributed by atoms with Gasteiger partial charge in [-0.05, 0) is 114 Å². The van der Waals surface area contributed by atoms with Gasteiger partial charge >= 0.3 is 5.97 Å². The zero-order valence-corrected chi connectivity index (χ0v) is 36.4. The number of allylic oxidation sites excluding steroid dienone is 4. The number of esters is 1. The van der Waals surface area contributed by atoms with Crippen molar-refractivity contribution in [2.75, 3.05) is 34.0 Å². The van der Waals surface area contributed by atoms with Crippen LogP contribution in [0.1, 0.15) is 118 Å². The number of fused-ring (bicyclic) bond motifs is 3. The van der Waals surface area contributed by atoms with E-state index >= 15 is 0 Å². The van der Waals surface area contributed by atoms with Crippen LogP contribution in [0.25, 0.3) is 0 Å². The molecule has 2 bridgehead atoms. The number of hydrogen-bond acceptors (Lipinski definition) is 12. The second-order valence-corrected chi connectivity index (χ2v) is 18.5. The van der Waals surface area contributed by atoms with Gasteiger partial charge in [0, 0.05) is 39.0 Å². The van der Waals surface area contributed by atoms with Gasteiger partial charge in [0.2, 0.25) is 5.79 Å². The first-order valence-corrected chi connectivity index (χ1v) is 22.0. The van der Waals surface area contributed by atoms with E-state index in [-0.39, 0.29) is 68.7 Å². The molecular weight excluding hydrogens is 759 g/mol. The zero-order chi connectivity index (χ0) is 43.1. The number of methoxy groups -OCH3 is 2. The predicted molar refractivity (Wildman–Crippen MR) is 220 cm³/mol. The smallest absolute Gasteiger partial charge is 0.329 e. The number of amides is 1. The summed E-state index contributed by atoms with van der Waals surface area (Å²) >= 11 is 0. The van der Waals surface area contributed by atoms with E-state index in [1.807, 2.05) is 32.9 Å². The minimum atomic E-state index is -2.49. The van der Waals surface area contributed by atoms with Gasteiger partial charge in [-0.15, -0.1) is 0 Å². The molecule has 1 saturated carbocycles. The fraction of sp³-hybridized carbons (Fsp3) is 0.783. The summed E-state index contributed by atoms with van der Waals surface area (Å²) in [5.74, 6) is -6.54. The molecule has 0 aromatic carbocycles. The Morgan fingerprint density at radius 3 is 2.27 bits per heavy atom. The summed E-state index contributed by atoms with van der Waals surface area (Å²) in [5, 5.41) is 32.8. The first kappa shape index (κ1) is 47.3. The quantitative estimate of drug-likeness (QED) is 0.175. The maximum atomic E-state index is 14.3. The molecule has 0 aromatic rings. The van der Waals surface area contributed by atoms with Gasteiger partial charge in [0.25, 0.3) is 11.7 Å². The lowest BCUT2D eigenvalue weighted by Crippen LogP contribution is -2.64. The number of ketones is 2. The molecule has 332 valence electrons. The molecule has 59 heavy (non-hydrogen) atoms. The maximum Gasteiger partial charge on any atom is 0.329 e. The van der Waals surface area contributed by atoms with Gasteiger partial charge in [0.05, 0.1) is 31.5 Å². The number of aliphatic hydroxyl groups excluding tert-OH is 1. The van der Waals surface area contributed by atoms with Crippen molar-refractivity contribution in [3.05, 3.63) is 35.5 Å². The number of hydrogen-bond donors (Lipinski definition) is 3. The molecular formula is C46H71NO12. The highest BCUT2D eigenvalue weighted by Crippen LogP contribution is 2.39. The molecule has 3 N–H and O–H groups in total. The summed E-state index contributed by atoms with van der Waals surface area (Å²) in [7, 11) is 3.08. The van der Waals surface area contributed by atoms with E-state index in [9.17, 15) is 34.5 Å². The van der Waals surface area contributed by atoms with Crippen molar-refractivity contribution in [1.29, 1.82) is 0 Å². The molecule has 13 heteroatoms. The van der Waals surface area contributed by atoms with Crippen LogP contribution in [0.3, 0.4) is 0 Å². The lowest BCUT2D eigenvalue weighted by atomic mass is 9.82. The molecule has 5 rings (SSSR count). The zero-order valence-electron chi connectivity index (χ0n) is 36.4. The molecule has 4 fully saturated rings. The largest absolute Gasteiger partial charge is 0.456 e. The maximum absolute atomic E-state index is 14.3. The highest BCUT2D eigenvalue weighted by atomic mass is 16.7. The highest BCUT2D eigenvalue weighted by molar-refractivity contribution is 6.39. The van der Waals surface area contributed by atoms with Crippen molar-refractivity contribution in [2.45, 2.75) is 166 Å². The van der Waals surface area contributed by atoms with Gasteiger partial charge in [0.15, 0.2) is 0 Å². The SMILES string of the molecule is CO[C@H]1C[C@@H](C)C/C(C)=C/[C@@H](C/C=C/C2(O)COC2)C(=O)CC[C@@H](C)[C@@H](/C(C)=C/[C@H]2CC[C@H](O)CC2)OC(=O)C2CCCCN2C(=O)C(=O)[C@]2(O)O[C@H]1[C@@H](OC)C[C@H]2C. The molecule has 10 atom stereocenters. The van der Waals surface area contributed by atoms with E-state index in [0.717, 1.165) is 24.0 Å². The van der Waals surface area contributed by atoms with Gasteiger partial charge in [0.1, 0.15) is 29.6 Å².